The maximum atomic E-state index is 12.2. The molecule has 2 N–H and O–H groups in total. The summed E-state index contributed by atoms with van der Waals surface area (Å²) in [5, 5.41) is 13.6. The first-order chi connectivity index (χ1) is 10.1. The minimum absolute atomic E-state index is 0.000601. The van der Waals surface area contributed by atoms with Gasteiger partial charge in [-0.1, -0.05) is 6.07 Å². The lowest BCUT2D eigenvalue weighted by molar-refractivity contribution is -0.142. The first-order valence-corrected chi connectivity index (χ1v) is 7.80. The van der Waals surface area contributed by atoms with Gasteiger partial charge in [-0.15, -0.1) is 11.3 Å². The number of thiophene rings is 1. The zero-order valence-corrected chi connectivity index (χ0v) is 12.1. The van der Waals surface area contributed by atoms with Crippen LogP contribution < -0.4 is 5.32 Å². The smallest absolute Gasteiger partial charge is 0.331 e. The summed E-state index contributed by atoms with van der Waals surface area (Å²) in [6.45, 7) is 0.409. The normalized spacial score (nSPS) is 23.1. The van der Waals surface area contributed by atoms with Crippen molar-refractivity contribution in [1.29, 1.82) is 0 Å². The molecule has 2 aliphatic rings. The molecule has 1 aliphatic carbocycles. The van der Waals surface area contributed by atoms with E-state index in [-0.39, 0.29) is 18.2 Å². The highest BCUT2D eigenvalue weighted by Crippen LogP contribution is 2.33. The first-order valence-electron chi connectivity index (χ1n) is 6.92. The van der Waals surface area contributed by atoms with Crippen molar-refractivity contribution in [3.63, 3.8) is 0 Å². The summed E-state index contributed by atoms with van der Waals surface area (Å²) >= 11 is 1.29. The fourth-order valence-corrected chi connectivity index (χ4v) is 3.38. The standard InChI is InChI=1S/C14H16N2O4S/c17-11-6-8(7-16(11)9-3-4-9)13(18)15-12(14(19)20)10-2-1-5-21-10/h1-2,5,8-9,12H,3-4,6-7H2,(H,15,18)(H,19,20). The Morgan fingerprint density at radius 3 is 2.76 bits per heavy atom. The second kappa shape index (κ2) is 5.48. The lowest BCUT2D eigenvalue weighted by Gasteiger charge is -2.17. The van der Waals surface area contributed by atoms with Crippen molar-refractivity contribution in [3.05, 3.63) is 22.4 Å². The van der Waals surface area contributed by atoms with Crippen LogP contribution >= 0.6 is 11.3 Å². The van der Waals surface area contributed by atoms with Crippen molar-refractivity contribution in [2.75, 3.05) is 6.54 Å². The predicted molar refractivity (Wildman–Crippen MR) is 75.7 cm³/mol. The van der Waals surface area contributed by atoms with Crippen molar-refractivity contribution >= 4 is 29.1 Å². The molecule has 1 aromatic rings. The molecule has 0 aromatic carbocycles. The molecule has 21 heavy (non-hydrogen) atoms. The van der Waals surface area contributed by atoms with Gasteiger partial charge in [0.25, 0.3) is 0 Å². The lowest BCUT2D eigenvalue weighted by atomic mass is 10.1. The van der Waals surface area contributed by atoms with E-state index in [1.807, 2.05) is 0 Å². The van der Waals surface area contributed by atoms with E-state index in [0.29, 0.717) is 17.5 Å². The van der Waals surface area contributed by atoms with Crippen molar-refractivity contribution in [2.24, 2.45) is 5.92 Å². The number of carboxylic acid groups (broad SMARTS) is 1. The number of carbonyl (C=O) groups excluding carboxylic acids is 2. The van der Waals surface area contributed by atoms with Crippen LogP contribution in [0.1, 0.15) is 30.2 Å². The van der Waals surface area contributed by atoms with Gasteiger partial charge in [-0.25, -0.2) is 4.79 Å². The van der Waals surface area contributed by atoms with Crippen molar-refractivity contribution in [3.8, 4) is 0 Å². The molecule has 0 radical (unpaired) electrons. The van der Waals surface area contributed by atoms with Crippen molar-refractivity contribution in [2.45, 2.75) is 31.3 Å². The highest BCUT2D eigenvalue weighted by atomic mass is 32.1. The number of nitrogens with one attached hydrogen (secondary N) is 1. The van der Waals surface area contributed by atoms with E-state index < -0.39 is 17.9 Å². The fraction of sp³-hybridized carbons (Fsp3) is 0.500. The van der Waals surface area contributed by atoms with Gasteiger partial charge in [-0.2, -0.15) is 0 Å². The zero-order chi connectivity index (χ0) is 15.0. The van der Waals surface area contributed by atoms with Crippen LogP contribution in [0.25, 0.3) is 0 Å². The van der Waals surface area contributed by atoms with E-state index in [2.05, 4.69) is 5.32 Å². The van der Waals surface area contributed by atoms with Gasteiger partial charge in [-0.05, 0) is 24.3 Å². The minimum Gasteiger partial charge on any atom is -0.479 e. The van der Waals surface area contributed by atoms with Crippen LogP contribution in [-0.2, 0) is 14.4 Å². The SMILES string of the molecule is O=C(NC(C(=O)O)c1cccs1)C1CC(=O)N(C2CC2)C1. The lowest BCUT2D eigenvalue weighted by Crippen LogP contribution is -2.38. The second-order valence-corrected chi connectivity index (χ2v) is 6.45. The van der Waals surface area contributed by atoms with E-state index in [0.717, 1.165) is 12.8 Å². The third kappa shape index (κ3) is 2.92. The monoisotopic (exact) mass is 308 g/mol. The van der Waals surface area contributed by atoms with Crippen LogP contribution in [0.2, 0.25) is 0 Å². The molecule has 2 atom stereocenters. The predicted octanol–water partition coefficient (Wildman–Crippen LogP) is 1.00. The molecule has 7 heteroatoms. The number of aliphatic carboxylic acids is 1. The number of amides is 2. The van der Waals surface area contributed by atoms with Gasteiger partial charge in [0, 0.05) is 23.9 Å². The summed E-state index contributed by atoms with van der Waals surface area (Å²) < 4.78 is 0. The third-order valence-corrected chi connectivity index (χ3v) is 4.82. The molecule has 2 fully saturated rings. The summed E-state index contributed by atoms with van der Waals surface area (Å²) in [6, 6.07) is 2.68. The van der Waals surface area contributed by atoms with Gasteiger partial charge in [0.15, 0.2) is 6.04 Å². The van der Waals surface area contributed by atoms with E-state index >= 15 is 0 Å². The average Bonchev–Trinajstić information content (AvgIpc) is 2.99. The number of likely N-dealkylation sites (tertiary alicyclic amines) is 1. The molecule has 6 nitrogen and oxygen atoms in total. The van der Waals surface area contributed by atoms with Crippen LogP contribution in [-0.4, -0.2) is 40.4 Å². The Kier molecular flexibility index (Phi) is 3.67. The van der Waals surface area contributed by atoms with Crippen molar-refractivity contribution in [1.82, 2.24) is 10.2 Å². The molecule has 0 bridgehead atoms. The summed E-state index contributed by atoms with van der Waals surface area (Å²) in [5.74, 6) is -1.89. The molecule has 3 rings (SSSR count). The number of carboxylic acids is 1. The summed E-state index contributed by atoms with van der Waals surface area (Å²) in [7, 11) is 0. The second-order valence-electron chi connectivity index (χ2n) is 5.47. The molecule has 1 aromatic heterocycles. The Morgan fingerprint density at radius 1 is 1.43 bits per heavy atom. The molecule has 1 saturated carbocycles. The van der Waals surface area contributed by atoms with E-state index in [1.54, 1.807) is 22.4 Å². The maximum absolute atomic E-state index is 12.2. The Morgan fingerprint density at radius 2 is 2.19 bits per heavy atom. The number of rotatable bonds is 5. The number of nitrogens with zero attached hydrogens (tertiary/aromatic N) is 1. The topological polar surface area (TPSA) is 86.7 Å². The highest BCUT2D eigenvalue weighted by molar-refractivity contribution is 7.10. The molecule has 1 aliphatic heterocycles. The van der Waals surface area contributed by atoms with E-state index in [4.69, 9.17) is 0 Å². The quantitative estimate of drug-likeness (QED) is 0.849. The van der Waals surface area contributed by atoms with Crippen LogP contribution in [0.3, 0.4) is 0 Å². The molecule has 112 valence electrons. The van der Waals surface area contributed by atoms with Gasteiger partial charge in [-0.3, -0.25) is 9.59 Å². The number of hydrogen-bond acceptors (Lipinski definition) is 4. The number of hydrogen-bond donors (Lipinski definition) is 2. The van der Waals surface area contributed by atoms with Crippen molar-refractivity contribution < 1.29 is 19.5 Å². The van der Waals surface area contributed by atoms with Gasteiger partial charge in [0.1, 0.15) is 0 Å². The summed E-state index contributed by atoms with van der Waals surface area (Å²) in [6.07, 6.45) is 2.19. The Bertz CT molecular complexity index is 568. The molecular formula is C14H16N2O4S. The highest BCUT2D eigenvalue weighted by Gasteiger charge is 2.42. The zero-order valence-electron chi connectivity index (χ0n) is 11.3. The number of carbonyl (C=O) groups is 3. The van der Waals surface area contributed by atoms with Gasteiger partial charge in [0.2, 0.25) is 11.8 Å². The minimum atomic E-state index is -1.09. The summed E-state index contributed by atoms with van der Waals surface area (Å²) in [4.78, 5) is 37.7. The molecule has 0 spiro atoms. The van der Waals surface area contributed by atoms with Crippen LogP contribution in [0.4, 0.5) is 0 Å². The first kappa shape index (κ1) is 14.1. The third-order valence-electron chi connectivity index (χ3n) is 3.88. The van der Waals surface area contributed by atoms with E-state index in [9.17, 15) is 19.5 Å². The van der Waals surface area contributed by atoms with Crippen LogP contribution in [0, 0.1) is 5.92 Å². The Balaban J connectivity index is 1.65. The maximum Gasteiger partial charge on any atom is 0.331 e. The Labute approximate surface area is 125 Å². The molecule has 2 amide bonds. The molecule has 2 heterocycles. The molecular weight excluding hydrogens is 292 g/mol. The molecule has 1 saturated heterocycles. The average molecular weight is 308 g/mol. The molecule has 2 unspecified atom stereocenters. The summed E-state index contributed by atoms with van der Waals surface area (Å²) in [5.41, 5.74) is 0. The fourth-order valence-electron chi connectivity index (χ4n) is 2.62. The van der Waals surface area contributed by atoms with E-state index in [1.165, 1.54) is 11.3 Å². The van der Waals surface area contributed by atoms with Crippen LogP contribution in [0.5, 0.6) is 0 Å². The van der Waals surface area contributed by atoms with Gasteiger partial charge < -0.3 is 15.3 Å². The van der Waals surface area contributed by atoms with Gasteiger partial charge >= 0.3 is 5.97 Å². The largest absolute Gasteiger partial charge is 0.479 e. The van der Waals surface area contributed by atoms with Crippen LogP contribution in [0.15, 0.2) is 17.5 Å². The van der Waals surface area contributed by atoms with Gasteiger partial charge in [0.05, 0.1) is 5.92 Å². The Hall–Kier alpha value is -1.89.